The summed E-state index contributed by atoms with van der Waals surface area (Å²) >= 11 is 0. The van der Waals surface area contributed by atoms with Crippen LogP contribution in [0.3, 0.4) is 0 Å². The largest absolute Gasteiger partial charge is 0.497 e. The van der Waals surface area contributed by atoms with Crippen molar-refractivity contribution in [1.29, 1.82) is 0 Å². The van der Waals surface area contributed by atoms with Gasteiger partial charge in [-0.3, -0.25) is 4.79 Å². The van der Waals surface area contributed by atoms with Crippen LogP contribution in [0, 0.1) is 17.8 Å². The highest BCUT2D eigenvalue weighted by Crippen LogP contribution is 2.41. The van der Waals surface area contributed by atoms with Gasteiger partial charge in [0.25, 0.3) is 6.02 Å². The molecule has 1 aromatic carbocycles. The molecule has 1 aromatic rings. The lowest BCUT2D eigenvalue weighted by Gasteiger charge is -2.48. The van der Waals surface area contributed by atoms with Crippen LogP contribution >= 0.6 is 0 Å². The first-order valence-electron chi connectivity index (χ1n) is 22.0. The predicted octanol–water partition coefficient (Wildman–Crippen LogP) is 4.01. The van der Waals surface area contributed by atoms with Crippen LogP contribution in [0.4, 0.5) is 5.69 Å². The summed E-state index contributed by atoms with van der Waals surface area (Å²) in [4.78, 5) is 23.2. The zero-order chi connectivity index (χ0) is 45.4. The van der Waals surface area contributed by atoms with E-state index < -0.39 is 96.0 Å². The first-order valence-corrected chi connectivity index (χ1v) is 22.0. The Bertz CT molecular complexity index is 1630. The van der Waals surface area contributed by atoms with Gasteiger partial charge in [0.2, 0.25) is 0 Å². The molecule has 0 amide bonds. The maximum absolute atomic E-state index is 14.4. The summed E-state index contributed by atoms with van der Waals surface area (Å²) in [5.41, 5.74) is -3.73. The van der Waals surface area contributed by atoms with Gasteiger partial charge in [-0.2, -0.15) is 4.99 Å². The number of esters is 1. The van der Waals surface area contributed by atoms with Crippen molar-refractivity contribution in [3.63, 3.8) is 0 Å². The number of rotatable bonds is 8. The number of carbonyl (C=O) groups is 1. The minimum atomic E-state index is -1.81. The number of hydrogen-bond donors (Lipinski definition) is 4. The number of aliphatic hydroxyl groups is 4. The monoisotopic (exact) mass is 866 g/mol. The van der Waals surface area contributed by atoms with Crippen LogP contribution in [0.5, 0.6) is 5.75 Å². The third kappa shape index (κ3) is 10.7. The highest BCUT2D eigenvalue weighted by atomic mass is 16.7. The summed E-state index contributed by atoms with van der Waals surface area (Å²) in [6.07, 6.45) is -7.65. The number of hydrogen-bond acceptors (Lipinski definition) is 15. The van der Waals surface area contributed by atoms with Gasteiger partial charge in [0.15, 0.2) is 18.7 Å². The SMILES string of the molecule is CC[C@H]1OC(=O)[C@H](C)[C@@H](O[C@H]2C[C@@](C)(OC)[C@@H](O)[C@H](C)O2)[C@H](C)[C@@H](O[C@@H]2O[C@H](C)C[C@H]3[C@H]2OC(=Nc2ccc(OC)cc2)N3C)[C@](C)(O)C[C@@H](C)CN(C)[C@H](C)[C@@H](O)[C@]1(C)O. The molecule has 0 bridgehead atoms. The van der Waals surface area contributed by atoms with E-state index in [9.17, 15) is 25.2 Å². The summed E-state index contributed by atoms with van der Waals surface area (Å²) in [5.74, 6) is -1.89. The molecule has 18 atom stereocenters. The van der Waals surface area contributed by atoms with Gasteiger partial charge in [-0.1, -0.05) is 20.8 Å². The number of likely N-dealkylation sites (N-methyl/N-ethyl adjacent to an activating group) is 2. The van der Waals surface area contributed by atoms with Gasteiger partial charge < -0.3 is 68.1 Å². The van der Waals surface area contributed by atoms with Crippen LogP contribution in [-0.2, 0) is 38.0 Å². The molecule has 4 saturated heterocycles. The van der Waals surface area contributed by atoms with Crippen LogP contribution in [0.2, 0.25) is 0 Å². The molecular weight excluding hydrogens is 791 g/mol. The molecule has 4 fully saturated rings. The van der Waals surface area contributed by atoms with Gasteiger partial charge in [-0.05, 0) is 105 Å². The van der Waals surface area contributed by atoms with Crippen molar-refractivity contribution in [3.8, 4) is 5.75 Å². The van der Waals surface area contributed by atoms with Crippen molar-refractivity contribution >= 4 is 17.7 Å². The van der Waals surface area contributed by atoms with E-state index in [2.05, 4.69) is 0 Å². The molecular formula is C45H75N3O13. The van der Waals surface area contributed by atoms with Crippen molar-refractivity contribution in [2.24, 2.45) is 22.7 Å². The van der Waals surface area contributed by atoms with Gasteiger partial charge in [0.1, 0.15) is 29.7 Å². The molecule has 0 aromatic heterocycles. The van der Waals surface area contributed by atoms with E-state index in [1.54, 1.807) is 41.7 Å². The number of cyclic esters (lactones) is 1. The lowest BCUT2D eigenvalue weighted by molar-refractivity contribution is -0.313. The maximum atomic E-state index is 14.4. The fourth-order valence-electron chi connectivity index (χ4n) is 9.94. The number of aliphatic imine (C=N–C) groups is 1. The van der Waals surface area contributed by atoms with Gasteiger partial charge in [-0.15, -0.1) is 0 Å². The molecule has 61 heavy (non-hydrogen) atoms. The molecule has 0 saturated carbocycles. The van der Waals surface area contributed by atoms with Crippen LogP contribution < -0.4 is 4.74 Å². The quantitative estimate of drug-likeness (QED) is 0.274. The molecule has 5 rings (SSSR count). The smallest absolute Gasteiger partial charge is 0.311 e. The fraction of sp³-hybridized carbons (Fsp3) is 0.822. The number of nitrogens with zero attached hydrogens (tertiary/aromatic N) is 3. The highest BCUT2D eigenvalue weighted by molar-refractivity contribution is 5.79. The standard InChI is InChI=1S/C45H75N3O13/c1-15-33-45(10,53)37(49)28(6)47(11)23-24(2)21-43(8,52)39(26(4)35(27(5)40(51)58-33)59-34-22-44(9,55-14)38(50)29(7)57-34)61-41-36-32(20-25(3)56-41)48(12)42(60-36)46-30-16-18-31(54-13)19-17-30/h16-19,24-29,32-39,41,49-50,52-53H,15,20-23H2,1-14H3/t24-,25-,26+,27-,28-,29+,32+,33-,34+,35+,36-,37-,38+,39-,41+,43-,44-,45-/m1/s1. The minimum absolute atomic E-state index is 0.130. The Labute approximate surface area is 362 Å². The molecule has 4 N–H and O–H groups in total. The molecule has 348 valence electrons. The summed E-state index contributed by atoms with van der Waals surface area (Å²) in [6.45, 7) is 18.3. The zero-order valence-corrected chi connectivity index (χ0v) is 38.8. The van der Waals surface area contributed by atoms with E-state index in [0.29, 0.717) is 30.4 Å². The second kappa shape index (κ2) is 19.6. The van der Waals surface area contributed by atoms with Crippen molar-refractivity contribution < 1.29 is 63.1 Å². The van der Waals surface area contributed by atoms with E-state index in [1.807, 2.05) is 75.9 Å². The van der Waals surface area contributed by atoms with Crippen molar-refractivity contribution in [2.75, 3.05) is 34.9 Å². The summed E-state index contributed by atoms with van der Waals surface area (Å²) in [6, 6.07) is 7.02. The van der Waals surface area contributed by atoms with Gasteiger partial charge in [-0.25, -0.2) is 0 Å². The van der Waals surface area contributed by atoms with Crippen molar-refractivity contribution in [2.45, 2.75) is 185 Å². The van der Waals surface area contributed by atoms with Crippen LogP contribution in [-0.4, -0.2) is 167 Å². The predicted molar refractivity (Wildman–Crippen MR) is 227 cm³/mol. The molecule has 4 aliphatic rings. The Hall–Kier alpha value is -2.64. The second-order valence-corrected chi connectivity index (χ2v) is 19.0. The van der Waals surface area contributed by atoms with Crippen LogP contribution in [0.15, 0.2) is 29.3 Å². The minimum Gasteiger partial charge on any atom is -0.497 e. The Kier molecular flexibility index (Phi) is 15.9. The Balaban J connectivity index is 1.57. The number of amidine groups is 1. The molecule has 16 heteroatoms. The molecule has 0 aliphatic carbocycles. The molecule has 0 spiro atoms. The third-order valence-electron chi connectivity index (χ3n) is 13.9. The topological polar surface area (TPSA) is 191 Å². The van der Waals surface area contributed by atoms with E-state index in [4.69, 9.17) is 42.9 Å². The van der Waals surface area contributed by atoms with Gasteiger partial charge in [0.05, 0.1) is 60.4 Å². The van der Waals surface area contributed by atoms with Crippen LogP contribution in [0.25, 0.3) is 0 Å². The zero-order valence-electron chi connectivity index (χ0n) is 38.8. The average Bonchev–Trinajstić information content (AvgIpc) is 3.51. The summed E-state index contributed by atoms with van der Waals surface area (Å²) < 4.78 is 50.5. The third-order valence-corrected chi connectivity index (χ3v) is 13.9. The van der Waals surface area contributed by atoms with E-state index in [-0.39, 0.29) is 37.3 Å². The number of fused-ring (bicyclic) bond motifs is 1. The highest BCUT2D eigenvalue weighted by Gasteiger charge is 2.55. The Morgan fingerprint density at radius 1 is 0.902 bits per heavy atom. The summed E-state index contributed by atoms with van der Waals surface area (Å²) in [5, 5.41) is 47.3. The van der Waals surface area contributed by atoms with E-state index >= 15 is 0 Å². The Morgan fingerprint density at radius 3 is 2.16 bits per heavy atom. The number of methoxy groups -OCH3 is 2. The maximum Gasteiger partial charge on any atom is 0.311 e. The molecule has 0 unspecified atom stereocenters. The lowest BCUT2D eigenvalue weighted by Crippen LogP contribution is -2.60. The van der Waals surface area contributed by atoms with Crippen molar-refractivity contribution in [1.82, 2.24) is 9.80 Å². The average molecular weight is 866 g/mol. The molecule has 16 nitrogen and oxygen atoms in total. The number of carbonyl (C=O) groups excluding carboxylic acids is 1. The number of aliphatic hydroxyl groups excluding tert-OH is 2. The van der Waals surface area contributed by atoms with Crippen molar-refractivity contribution in [3.05, 3.63) is 24.3 Å². The van der Waals surface area contributed by atoms with E-state index in [1.165, 1.54) is 14.0 Å². The normalized spacial score (nSPS) is 45.3. The van der Waals surface area contributed by atoms with E-state index in [0.717, 1.165) is 0 Å². The summed E-state index contributed by atoms with van der Waals surface area (Å²) in [7, 11) is 6.91. The van der Waals surface area contributed by atoms with Crippen LogP contribution in [0.1, 0.15) is 94.9 Å². The fourth-order valence-corrected chi connectivity index (χ4v) is 9.94. The second-order valence-electron chi connectivity index (χ2n) is 19.0. The molecule has 0 radical (unpaired) electrons. The Morgan fingerprint density at radius 2 is 1.56 bits per heavy atom. The first kappa shape index (κ1) is 49.4. The number of ether oxygens (including phenoxy) is 8. The number of benzene rings is 1. The van der Waals surface area contributed by atoms with Gasteiger partial charge in [0, 0.05) is 39.1 Å². The molecule has 4 heterocycles. The lowest BCUT2D eigenvalue weighted by atomic mass is 9.77. The van der Waals surface area contributed by atoms with Gasteiger partial charge >= 0.3 is 5.97 Å². The molecule has 4 aliphatic heterocycles. The first-order chi connectivity index (χ1) is 28.5.